The van der Waals surface area contributed by atoms with Gasteiger partial charge >= 0.3 is 0 Å². The third-order valence-corrected chi connectivity index (χ3v) is 4.21. The zero-order valence-corrected chi connectivity index (χ0v) is 14.2. The summed E-state index contributed by atoms with van der Waals surface area (Å²) in [4.78, 5) is 6.58. The van der Waals surface area contributed by atoms with E-state index in [1.807, 2.05) is 14.1 Å². The van der Waals surface area contributed by atoms with Crippen molar-refractivity contribution in [1.82, 2.24) is 14.5 Å². The van der Waals surface area contributed by atoms with Crippen molar-refractivity contribution in [2.24, 2.45) is 0 Å². The fraction of sp³-hybridized carbons (Fsp3) is 0.500. The molecule has 3 nitrogen and oxygen atoms in total. The summed E-state index contributed by atoms with van der Waals surface area (Å²) in [6, 6.07) is 3.48. The van der Waals surface area contributed by atoms with Crippen LogP contribution in [0.2, 0.25) is 0 Å². The fourth-order valence-corrected chi connectivity index (χ4v) is 2.82. The average Bonchev–Trinajstić information content (AvgIpc) is 2.74. The van der Waals surface area contributed by atoms with Crippen LogP contribution in [0, 0.1) is 5.82 Å². The van der Waals surface area contributed by atoms with Crippen LogP contribution in [0.1, 0.15) is 25.2 Å². The van der Waals surface area contributed by atoms with E-state index in [2.05, 4.69) is 37.3 Å². The molecule has 0 aliphatic rings. The van der Waals surface area contributed by atoms with Crippen LogP contribution in [-0.2, 0) is 5.88 Å². The van der Waals surface area contributed by atoms with Gasteiger partial charge in [-0.15, -0.1) is 11.6 Å². The van der Waals surface area contributed by atoms with Crippen molar-refractivity contribution in [2.45, 2.75) is 25.3 Å². The SMILES string of the molecule is CC(CCN(C)C)n1c(CCl)nc2cc(F)c(Br)cc21. The molecule has 2 aromatic rings. The summed E-state index contributed by atoms with van der Waals surface area (Å²) in [5, 5.41) is 0. The molecule has 0 spiro atoms. The Kier molecular flexibility index (Phi) is 5.04. The highest BCUT2D eigenvalue weighted by atomic mass is 79.9. The average molecular weight is 363 g/mol. The first kappa shape index (κ1) is 15.7. The largest absolute Gasteiger partial charge is 0.324 e. The van der Waals surface area contributed by atoms with Crippen molar-refractivity contribution < 1.29 is 4.39 Å². The number of hydrogen-bond donors (Lipinski definition) is 0. The van der Waals surface area contributed by atoms with Crippen LogP contribution in [0.5, 0.6) is 0 Å². The molecule has 0 saturated carbocycles. The van der Waals surface area contributed by atoms with Gasteiger partial charge in [-0.2, -0.15) is 0 Å². The lowest BCUT2D eigenvalue weighted by Crippen LogP contribution is -2.18. The zero-order valence-electron chi connectivity index (χ0n) is 11.8. The van der Waals surface area contributed by atoms with Crippen LogP contribution in [0.3, 0.4) is 0 Å². The first-order valence-corrected chi connectivity index (χ1v) is 7.83. The molecule has 0 fully saturated rings. The smallest absolute Gasteiger partial charge is 0.139 e. The summed E-state index contributed by atoms with van der Waals surface area (Å²) in [7, 11) is 4.10. The molecule has 6 heteroatoms. The van der Waals surface area contributed by atoms with Crippen LogP contribution >= 0.6 is 27.5 Å². The van der Waals surface area contributed by atoms with E-state index in [1.54, 1.807) is 6.07 Å². The van der Waals surface area contributed by atoms with Gasteiger partial charge in [-0.3, -0.25) is 0 Å². The minimum atomic E-state index is -0.302. The minimum Gasteiger partial charge on any atom is -0.324 e. The lowest BCUT2D eigenvalue weighted by molar-refractivity contribution is 0.358. The number of hydrogen-bond acceptors (Lipinski definition) is 2. The van der Waals surface area contributed by atoms with E-state index in [-0.39, 0.29) is 11.9 Å². The molecule has 1 aromatic carbocycles. The molecule has 0 saturated heterocycles. The molecule has 0 N–H and O–H groups in total. The minimum absolute atomic E-state index is 0.258. The fourth-order valence-electron chi connectivity index (χ4n) is 2.30. The Morgan fingerprint density at radius 2 is 2.15 bits per heavy atom. The number of halogens is 3. The maximum Gasteiger partial charge on any atom is 0.139 e. The number of alkyl halides is 1. The Morgan fingerprint density at radius 3 is 2.75 bits per heavy atom. The molecule has 0 bridgehead atoms. The van der Waals surface area contributed by atoms with E-state index in [4.69, 9.17) is 11.6 Å². The van der Waals surface area contributed by atoms with Gasteiger partial charge in [0.15, 0.2) is 0 Å². The molecular weight excluding hydrogens is 345 g/mol. The van der Waals surface area contributed by atoms with E-state index in [0.29, 0.717) is 15.9 Å². The number of aromatic nitrogens is 2. The maximum atomic E-state index is 13.6. The van der Waals surface area contributed by atoms with Gasteiger partial charge in [-0.05, 0) is 56.0 Å². The topological polar surface area (TPSA) is 21.1 Å². The molecule has 0 aliphatic carbocycles. The quantitative estimate of drug-likeness (QED) is 0.744. The van der Waals surface area contributed by atoms with E-state index in [9.17, 15) is 4.39 Å². The van der Waals surface area contributed by atoms with Crippen molar-refractivity contribution in [2.75, 3.05) is 20.6 Å². The van der Waals surface area contributed by atoms with Gasteiger partial charge in [0.1, 0.15) is 11.6 Å². The molecule has 2 rings (SSSR count). The van der Waals surface area contributed by atoms with E-state index in [1.165, 1.54) is 6.07 Å². The second kappa shape index (κ2) is 6.41. The molecule has 1 atom stereocenters. The summed E-state index contributed by atoms with van der Waals surface area (Å²) in [6.07, 6.45) is 0.983. The van der Waals surface area contributed by atoms with Crippen LogP contribution in [-0.4, -0.2) is 35.1 Å². The van der Waals surface area contributed by atoms with Gasteiger partial charge in [0.2, 0.25) is 0 Å². The highest BCUT2D eigenvalue weighted by Gasteiger charge is 2.17. The molecule has 0 amide bonds. The lowest BCUT2D eigenvalue weighted by atomic mass is 10.2. The molecule has 110 valence electrons. The van der Waals surface area contributed by atoms with Crippen molar-refractivity contribution in [1.29, 1.82) is 0 Å². The highest BCUT2D eigenvalue weighted by molar-refractivity contribution is 9.10. The van der Waals surface area contributed by atoms with Crippen LogP contribution in [0.15, 0.2) is 16.6 Å². The first-order valence-electron chi connectivity index (χ1n) is 6.50. The number of imidazole rings is 1. The Hall–Kier alpha value is -0.650. The Bertz CT molecular complexity index is 612. The third kappa shape index (κ3) is 3.15. The van der Waals surface area contributed by atoms with Gasteiger partial charge in [0.05, 0.1) is 21.4 Å². The number of fused-ring (bicyclic) bond motifs is 1. The summed E-state index contributed by atoms with van der Waals surface area (Å²) in [5.41, 5.74) is 1.57. The van der Waals surface area contributed by atoms with Crippen LogP contribution in [0.25, 0.3) is 11.0 Å². The molecule has 0 radical (unpaired) electrons. The predicted octanol–water partition coefficient (Wildman–Crippen LogP) is 4.19. The Labute approximate surface area is 131 Å². The van der Waals surface area contributed by atoms with E-state index >= 15 is 0 Å². The van der Waals surface area contributed by atoms with Gasteiger partial charge in [0.25, 0.3) is 0 Å². The summed E-state index contributed by atoms with van der Waals surface area (Å²) in [6.45, 7) is 3.11. The van der Waals surface area contributed by atoms with Crippen molar-refractivity contribution >= 4 is 38.6 Å². The van der Waals surface area contributed by atoms with Gasteiger partial charge in [0, 0.05) is 12.1 Å². The van der Waals surface area contributed by atoms with Gasteiger partial charge in [-0.25, -0.2) is 9.37 Å². The molecule has 20 heavy (non-hydrogen) atoms. The zero-order chi connectivity index (χ0) is 14.9. The second-order valence-electron chi connectivity index (χ2n) is 5.23. The van der Waals surface area contributed by atoms with Crippen molar-refractivity contribution in [3.8, 4) is 0 Å². The molecule has 1 heterocycles. The summed E-state index contributed by atoms with van der Waals surface area (Å²) >= 11 is 9.23. The molecule has 1 unspecified atom stereocenters. The Balaban J connectivity index is 2.46. The van der Waals surface area contributed by atoms with Crippen molar-refractivity contribution in [3.63, 3.8) is 0 Å². The van der Waals surface area contributed by atoms with Gasteiger partial charge in [-0.1, -0.05) is 0 Å². The first-order chi connectivity index (χ1) is 9.43. The number of nitrogens with zero attached hydrogens (tertiary/aromatic N) is 3. The van der Waals surface area contributed by atoms with Crippen molar-refractivity contribution in [3.05, 3.63) is 28.2 Å². The van der Waals surface area contributed by atoms with Crippen LogP contribution in [0.4, 0.5) is 4.39 Å². The summed E-state index contributed by atoms with van der Waals surface area (Å²) < 4.78 is 16.2. The lowest BCUT2D eigenvalue weighted by Gasteiger charge is -2.19. The summed E-state index contributed by atoms with van der Waals surface area (Å²) in [5.74, 6) is 0.801. The maximum absolute atomic E-state index is 13.6. The second-order valence-corrected chi connectivity index (χ2v) is 6.35. The molecular formula is C14H18BrClFN3. The number of benzene rings is 1. The molecule has 1 aromatic heterocycles. The van der Waals surface area contributed by atoms with Crippen LogP contribution < -0.4 is 0 Å². The third-order valence-electron chi connectivity index (χ3n) is 3.36. The number of rotatable bonds is 5. The standard InChI is InChI=1S/C14H18BrClFN3/c1-9(4-5-19(2)3)20-13-6-10(15)11(17)7-12(13)18-14(20)8-16/h6-7,9H,4-5,8H2,1-3H3. The monoisotopic (exact) mass is 361 g/mol. The highest BCUT2D eigenvalue weighted by Crippen LogP contribution is 2.28. The normalized spacial score (nSPS) is 13.3. The Morgan fingerprint density at radius 1 is 1.45 bits per heavy atom. The predicted molar refractivity (Wildman–Crippen MR) is 84.8 cm³/mol. The van der Waals surface area contributed by atoms with E-state index in [0.717, 1.165) is 24.3 Å². The van der Waals surface area contributed by atoms with E-state index < -0.39 is 0 Å². The molecule has 0 aliphatic heterocycles. The van der Waals surface area contributed by atoms with Gasteiger partial charge < -0.3 is 9.47 Å².